The summed E-state index contributed by atoms with van der Waals surface area (Å²) in [5.41, 5.74) is 5.23. The predicted molar refractivity (Wildman–Crippen MR) is 139 cm³/mol. The Labute approximate surface area is 207 Å². The number of halogens is 1. The van der Waals surface area contributed by atoms with Crippen LogP contribution in [0.5, 0.6) is 0 Å². The molecule has 0 saturated heterocycles. The SMILES string of the molecule is O=c1oc2c(c(N(c3ccccc3)c3ccccc3)c1Cl)CCc1nc(-c3ccccc3)ncc1-2. The summed E-state index contributed by atoms with van der Waals surface area (Å²) in [5, 5.41) is 0.0572. The van der Waals surface area contributed by atoms with Gasteiger partial charge in [0.05, 0.1) is 16.9 Å². The van der Waals surface area contributed by atoms with Crippen molar-refractivity contribution in [2.45, 2.75) is 12.8 Å². The molecular formula is C29H20ClN3O2. The highest BCUT2D eigenvalue weighted by molar-refractivity contribution is 6.33. The number of rotatable bonds is 4. The van der Waals surface area contributed by atoms with Crippen molar-refractivity contribution in [3.8, 4) is 22.7 Å². The molecule has 0 atom stereocenters. The Balaban J connectivity index is 1.56. The highest BCUT2D eigenvalue weighted by atomic mass is 35.5. The molecule has 2 heterocycles. The van der Waals surface area contributed by atoms with Crippen LogP contribution < -0.4 is 10.5 Å². The summed E-state index contributed by atoms with van der Waals surface area (Å²) in [7, 11) is 0. The third-order valence-electron chi connectivity index (χ3n) is 6.15. The van der Waals surface area contributed by atoms with E-state index in [-0.39, 0.29) is 5.02 Å². The maximum atomic E-state index is 13.0. The summed E-state index contributed by atoms with van der Waals surface area (Å²) in [6.07, 6.45) is 3.06. The van der Waals surface area contributed by atoms with Crippen LogP contribution in [0.3, 0.4) is 0 Å². The van der Waals surface area contributed by atoms with Gasteiger partial charge in [0.2, 0.25) is 0 Å². The van der Waals surface area contributed by atoms with Crippen molar-refractivity contribution in [1.82, 2.24) is 9.97 Å². The number of hydrogen-bond donors (Lipinski definition) is 0. The minimum absolute atomic E-state index is 0.0572. The zero-order valence-electron chi connectivity index (χ0n) is 18.7. The molecule has 5 aromatic rings. The topological polar surface area (TPSA) is 59.2 Å². The van der Waals surface area contributed by atoms with E-state index in [0.29, 0.717) is 30.1 Å². The van der Waals surface area contributed by atoms with Crippen molar-refractivity contribution in [3.63, 3.8) is 0 Å². The highest BCUT2D eigenvalue weighted by Gasteiger charge is 2.30. The summed E-state index contributed by atoms with van der Waals surface area (Å²) >= 11 is 6.68. The molecule has 0 amide bonds. The Morgan fingerprint density at radius 2 is 1.40 bits per heavy atom. The number of hydrogen-bond acceptors (Lipinski definition) is 5. The molecule has 0 bridgehead atoms. The lowest BCUT2D eigenvalue weighted by atomic mass is 9.92. The number of fused-ring (bicyclic) bond motifs is 3. The van der Waals surface area contributed by atoms with E-state index >= 15 is 0 Å². The number of para-hydroxylation sites is 2. The van der Waals surface area contributed by atoms with Crippen LogP contribution >= 0.6 is 11.6 Å². The van der Waals surface area contributed by atoms with Gasteiger partial charge in [0.15, 0.2) is 10.8 Å². The summed E-state index contributed by atoms with van der Waals surface area (Å²) < 4.78 is 5.77. The first-order valence-corrected chi connectivity index (χ1v) is 11.8. The molecule has 0 radical (unpaired) electrons. The Morgan fingerprint density at radius 1 is 0.800 bits per heavy atom. The van der Waals surface area contributed by atoms with Crippen molar-refractivity contribution in [3.05, 3.63) is 124 Å². The molecule has 0 spiro atoms. The van der Waals surface area contributed by atoms with Gasteiger partial charge < -0.3 is 9.32 Å². The minimum atomic E-state index is -0.586. The fourth-order valence-corrected chi connectivity index (χ4v) is 4.78. The summed E-state index contributed by atoms with van der Waals surface area (Å²) in [5.74, 6) is 1.13. The van der Waals surface area contributed by atoms with E-state index in [1.54, 1.807) is 6.20 Å². The molecule has 2 aromatic heterocycles. The quantitative estimate of drug-likeness (QED) is 0.279. The third-order valence-corrected chi connectivity index (χ3v) is 6.48. The smallest absolute Gasteiger partial charge is 0.357 e. The van der Waals surface area contributed by atoms with Gasteiger partial charge in [-0.25, -0.2) is 14.8 Å². The van der Waals surface area contributed by atoms with E-state index in [2.05, 4.69) is 4.98 Å². The van der Waals surface area contributed by atoms with Gasteiger partial charge in [-0.1, -0.05) is 78.3 Å². The van der Waals surface area contributed by atoms with Gasteiger partial charge in [-0.05, 0) is 37.1 Å². The first kappa shape index (κ1) is 21.3. The van der Waals surface area contributed by atoms with Crippen LogP contribution in [0.25, 0.3) is 22.7 Å². The summed E-state index contributed by atoms with van der Waals surface area (Å²) in [6.45, 7) is 0. The van der Waals surface area contributed by atoms with Gasteiger partial charge >= 0.3 is 5.63 Å². The lowest BCUT2D eigenvalue weighted by Gasteiger charge is -2.30. The van der Waals surface area contributed by atoms with Gasteiger partial charge in [-0.2, -0.15) is 0 Å². The Morgan fingerprint density at radius 3 is 2.03 bits per heavy atom. The molecule has 5 nitrogen and oxygen atoms in total. The van der Waals surface area contributed by atoms with E-state index in [1.807, 2.05) is 95.9 Å². The Kier molecular flexibility index (Phi) is 5.39. The average Bonchev–Trinajstić information content (AvgIpc) is 2.92. The molecule has 170 valence electrons. The van der Waals surface area contributed by atoms with Crippen LogP contribution in [-0.2, 0) is 12.8 Å². The maximum Gasteiger partial charge on any atom is 0.357 e. The molecule has 6 rings (SSSR count). The highest BCUT2D eigenvalue weighted by Crippen LogP contribution is 2.45. The van der Waals surface area contributed by atoms with Crippen LogP contribution in [-0.4, -0.2) is 9.97 Å². The van der Waals surface area contributed by atoms with E-state index in [0.717, 1.165) is 33.8 Å². The molecular weight excluding hydrogens is 458 g/mol. The number of aromatic nitrogens is 2. The molecule has 1 aliphatic carbocycles. The zero-order chi connectivity index (χ0) is 23.8. The largest absolute Gasteiger partial charge is 0.421 e. The lowest BCUT2D eigenvalue weighted by Crippen LogP contribution is -2.20. The predicted octanol–water partition coefficient (Wildman–Crippen LogP) is 6.99. The standard InChI is InChI=1S/C29H20ClN3O2/c30-25-26(33(20-12-6-2-7-13-20)21-14-8-3-9-15-21)22-16-17-24-23(27(22)35-29(25)34)18-31-28(32-24)19-10-4-1-5-11-19/h1-15,18H,16-17H2. The van der Waals surface area contributed by atoms with E-state index in [1.165, 1.54) is 0 Å². The first-order valence-electron chi connectivity index (χ1n) is 11.4. The van der Waals surface area contributed by atoms with Crippen molar-refractivity contribution >= 4 is 28.7 Å². The molecule has 0 unspecified atom stereocenters. The van der Waals surface area contributed by atoms with Crippen molar-refractivity contribution < 1.29 is 4.42 Å². The monoisotopic (exact) mass is 477 g/mol. The minimum Gasteiger partial charge on any atom is -0.421 e. The van der Waals surface area contributed by atoms with Crippen LogP contribution in [0.4, 0.5) is 17.1 Å². The van der Waals surface area contributed by atoms with Gasteiger partial charge in [-0.3, -0.25) is 0 Å². The first-order chi connectivity index (χ1) is 17.2. The third kappa shape index (κ3) is 3.80. The number of aryl methyl sites for hydroxylation is 1. The molecule has 3 aromatic carbocycles. The number of anilines is 3. The second-order valence-corrected chi connectivity index (χ2v) is 8.66. The van der Waals surface area contributed by atoms with Gasteiger partial charge in [-0.15, -0.1) is 0 Å². The van der Waals surface area contributed by atoms with Crippen LogP contribution in [0.15, 0.2) is 106 Å². The fourth-order valence-electron chi connectivity index (χ4n) is 4.55. The summed E-state index contributed by atoms with van der Waals surface area (Å²) in [4.78, 5) is 24.4. The van der Waals surface area contributed by atoms with E-state index in [9.17, 15) is 4.79 Å². The second kappa shape index (κ2) is 8.85. The number of benzene rings is 3. The molecule has 0 fully saturated rings. The molecule has 6 heteroatoms. The Bertz CT molecular complexity index is 1530. The van der Waals surface area contributed by atoms with Crippen LogP contribution in [0.1, 0.15) is 11.3 Å². The lowest BCUT2D eigenvalue weighted by molar-refractivity contribution is 0.515. The fraction of sp³-hybridized carbons (Fsp3) is 0.0690. The average molecular weight is 478 g/mol. The van der Waals surface area contributed by atoms with E-state index < -0.39 is 5.63 Å². The number of nitrogens with zero attached hydrogens (tertiary/aromatic N) is 3. The van der Waals surface area contributed by atoms with Gasteiger partial charge in [0.1, 0.15) is 5.76 Å². The van der Waals surface area contributed by atoms with Crippen molar-refractivity contribution in [2.75, 3.05) is 4.90 Å². The maximum absolute atomic E-state index is 13.0. The molecule has 0 saturated carbocycles. The van der Waals surface area contributed by atoms with Crippen molar-refractivity contribution in [1.29, 1.82) is 0 Å². The van der Waals surface area contributed by atoms with Crippen LogP contribution in [0.2, 0.25) is 5.02 Å². The molecule has 0 aliphatic heterocycles. The molecule has 0 N–H and O–H groups in total. The Hall–Kier alpha value is -4.22. The van der Waals surface area contributed by atoms with Crippen molar-refractivity contribution in [2.24, 2.45) is 0 Å². The summed E-state index contributed by atoms with van der Waals surface area (Å²) in [6, 6.07) is 29.6. The molecule has 35 heavy (non-hydrogen) atoms. The zero-order valence-corrected chi connectivity index (χ0v) is 19.4. The molecule has 1 aliphatic rings. The van der Waals surface area contributed by atoms with Gasteiger partial charge in [0, 0.05) is 28.7 Å². The normalized spacial score (nSPS) is 12.0. The van der Waals surface area contributed by atoms with Gasteiger partial charge in [0.25, 0.3) is 0 Å². The van der Waals surface area contributed by atoms with E-state index in [4.69, 9.17) is 21.0 Å². The van der Waals surface area contributed by atoms with Crippen LogP contribution in [0, 0.1) is 0 Å². The second-order valence-electron chi connectivity index (χ2n) is 8.29.